The second-order valence-corrected chi connectivity index (χ2v) is 5.44. The number of aliphatic hydroxyl groups is 1. The Balaban J connectivity index is 2.91. The van der Waals surface area contributed by atoms with Crippen molar-refractivity contribution in [3.05, 3.63) is 34.9 Å². The molecule has 0 heterocycles. The molecule has 2 nitrogen and oxygen atoms in total. The van der Waals surface area contributed by atoms with Crippen LogP contribution in [0.4, 0.5) is 0 Å². The number of aliphatic hydroxyl groups excluding tert-OH is 1. The molecule has 2 heteroatoms. The molecule has 0 aliphatic rings. The fourth-order valence-corrected chi connectivity index (χ4v) is 2.49. The van der Waals surface area contributed by atoms with Gasteiger partial charge in [0.1, 0.15) is 0 Å². The number of hydrogen-bond donors (Lipinski definition) is 2. The van der Waals surface area contributed by atoms with Crippen LogP contribution in [0.2, 0.25) is 0 Å². The molecule has 3 atom stereocenters. The summed E-state index contributed by atoms with van der Waals surface area (Å²) in [6.07, 6.45) is 1.79. The number of nitrogens with two attached hydrogens (primary N) is 1. The van der Waals surface area contributed by atoms with Gasteiger partial charge in [-0.15, -0.1) is 0 Å². The van der Waals surface area contributed by atoms with Gasteiger partial charge < -0.3 is 10.8 Å². The van der Waals surface area contributed by atoms with Crippen LogP contribution in [0.3, 0.4) is 0 Å². The van der Waals surface area contributed by atoms with Gasteiger partial charge in [-0.25, -0.2) is 0 Å². The van der Waals surface area contributed by atoms with Gasteiger partial charge in [-0.1, -0.05) is 38.5 Å². The Kier molecular flexibility index (Phi) is 5.83. The van der Waals surface area contributed by atoms with Crippen LogP contribution in [0, 0.1) is 19.8 Å². The molecular weight excluding hydrogens is 222 g/mol. The van der Waals surface area contributed by atoms with Gasteiger partial charge in [-0.05, 0) is 42.9 Å². The third-order valence-electron chi connectivity index (χ3n) is 3.95. The average Bonchev–Trinajstić information content (AvgIpc) is 2.34. The van der Waals surface area contributed by atoms with Gasteiger partial charge >= 0.3 is 0 Å². The van der Waals surface area contributed by atoms with E-state index in [9.17, 15) is 5.11 Å². The average molecular weight is 249 g/mol. The second-order valence-electron chi connectivity index (χ2n) is 5.44. The predicted octanol–water partition coefficient (Wildman–Crippen LogP) is 3.14. The molecular formula is C16H27NO. The Morgan fingerprint density at radius 1 is 1.22 bits per heavy atom. The van der Waals surface area contributed by atoms with E-state index in [2.05, 4.69) is 45.9 Å². The zero-order chi connectivity index (χ0) is 13.7. The summed E-state index contributed by atoms with van der Waals surface area (Å²) in [5, 5.41) is 10.4. The standard InChI is InChI=1S/C16H27NO/c1-5-6-12(3)16(18)15(10-17)14-8-7-11(2)13(4)9-14/h7-9,12,15-16,18H,5-6,10,17H2,1-4H3. The Morgan fingerprint density at radius 2 is 1.89 bits per heavy atom. The highest BCUT2D eigenvalue weighted by Crippen LogP contribution is 2.27. The normalized spacial score (nSPS) is 16.3. The van der Waals surface area contributed by atoms with Gasteiger partial charge in [0.25, 0.3) is 0 Å². The zero-order valence-corrected chi connectivity index (χ0v) is 12.1. The monoisotopic (exact) mass is 249 g/mol. The van der Waals surface area contributed by atoms with Crippen molar-refractivity contribution in [1.29, 1.82) is 0 Å². The minimum atomic E-state index is -0.350. The van der Waals surface area contributed by atoms with E-state index in [0.29, 0.717) is 12.5 Å². The highest BCUT2D eigenvalue weighted by Gasteiger charge is 2.24. The van der Waals surface area contributed by atoms with Crippen LogP contribution in [-0.4, -0.2) is 17.8 Å². The first-order chi connectivity index (χ1) is 8.51. The lowest BCUT2D eigenvalue weighted by Gasteiger charge is -2.27. The third kappa shape index (κ3) is 3.56. The molecule has 102 valence electrons. The fourth-order valence-electron chi connectivity index (χ4n) is 2.49. The fraction of sp³-hybridized carbons (Fsp3) is 0.625. The molecule has 0 radical (unpaired) electrons. The van der Waals surface area contributed by atoms with Crippen molar-refractivity contribution in [2.45, 2.75) is 52.6 Å². The Morgan fingerprint density at radius 3 is 2.39 bits per heavy atom. The van der Waals surface area contributed by atoms with E-state index >= 15 is 0 Å². The highest BCUT2D eigenvalue weighted by molar-refractivity contribution is 5.32. The van der Waals surface area contributed by atoms with Crippen LogP contribution in [0.15, 0.2) is 18.2 Å². The van der Waals surface area contributed by atoms with Crippen molar-refractivity contribution in [3.8, 4) is 0 Å². The van der Waals surface area contributed by atoms with Crippen LogP contribution >= 0.6 is 0 Å². The maximum atomic E-state index is 10.4. The minimum Gasteiger partial charge on any atom is -0.392 e. The summed E-state index contributed by atoms with van der Waals surface area (Å²) in [5.41, 5.74) is 9.58. The maximum absolute atomic E-state index is 10.4. The molecule has 0 aromatic heterocycles. The summed E-state index contributed by atoms with van der Waals surface area (Å²) >= 11 is 0. The van der Waals surface area contributed by atoms with E-state index in [1.807, 2.05) is 0 Å². The Labute approximate surface area is 111 Å². The van der Waals surface area contributed by atoms with E-state index in [1.165, 1.54) is 11.1 Å². The van der Waals surface area contributed by atoms with Crippen molar-refractivity contribution >= 4 is 0 Å². The number of benzene rings is 1. The van der Waals surface area contributed by atoms with E-state index in [1.54, 1.807) is 0 Å². The van der Waals surface area contributed by atoms with Crippen molar-refractivity contribution in [2.24, 2.45) is 11.7 Å². The van der Waals surface area contributed by atoms with Gasteiger partial charge in [-0.3, -0.25) is 0 Å². The summed E-state index contributed by atoms with van der Waals surface area (Å²) in [5.74, 6) is 0.344. The minimum absolute atomic E-state index is 0.0471. The molecule has 0 saturated heterocycles. The Bertz CT molecular complexity index is 375. The molecule has 0 spiro atoms. The van der Waals surface area contributed by atoms with Gasteiger partial charge in [-0.2, -0.15) is 0 Å². The molecule has 1 rings (SSSR count). The van der Waals surface area contributed by atoms with Crippen molar-refractivity contribution < 1.29 is 5.11 Å². The molecule has 3 N–H and O–H groups in total. The van der Waals surface area contributed by atoms with E-state index < -0.39 is 0 Å². The largest absolute Gasteiger partial charge is 0.392 e. The van der Waals surface area contributed by atoms with Crippen LogP contribution in [0.25, 0.3) is 0 Å². The predicted molar refractivity (Wildman–Crippen MR) is 77.8 cm³/mol. The van der Waals surface area contributed by atoms with Crippen LogP contribution in [0.5, 0.6) is 0 Å². The lowest BCUT2D eigenvalue weighted by Crippen LogP contribution is -2.31. The number of rotatable bonds is 6. The quantitative estimate of drug-likeness (QED) is 0.813. The molecule has 0 saturated carbocycles. The molecule has 3 unspecified atom stereocenters. The van der Waals surface area contributed by atoms with Crippen molar-refractivity contribution in [2.75, 3.05) is 6.54 Å². The summed E-state index contributed by atoms with van der Waals surface area (Å²) < 4.78 is 0. The zero-order valence-electron chi connectivity index (χ0n) is 12.1. The smallest absolute Gasteiger partial charge is 0.0646 e. The molecule has 0 fully saturated rings. The SMILES string of the molecule is CCCC(C)C(O)C(CN)c1ccc(C)c(C)c1. The van der Waals surface area contributed by atoms with E-state index in [4.69, 9.17) is 5.73 Å². The van der Waals surface area contributed by atoms with Crippen molar-refractivity contribution in [3.63, 3.8) is 0 Å². The highest BCUT2D eigenvalue weighted by atomic mass is 16.3. The van der Waals surface area contributed by atoms with Gasteiger partial charge in [0.2, 0.25) is 0 Å². The molecule has 1 aromatic rings. The van der Waals surface area contributed by atoms with Gasteiger partial charge in [0.05, 0.1) is 6.10 Å². The van der Waals surface area contributed by atoms with Crippen LogP contribution in [-0.2, 0) is 0 Å². The molecule has 1 aromatic carbocycles. The first-order valence-electron chi connectivity index (χ1n) is 6.96. The molecule has 18 heavy (non-hydrogen) atoms. The maximum Gasteiger partial charge on any atom is 0.0646 e. The summed E-state index contributed by atoms with van der Waals surface area (Å²) in [4.78, 5) is 0. The molecule has 0 aliphatic heterocycles. The van der Waals surface area contributed by atoms with E-state index in [-0.39, 0.29) is 12.0 Å². The first-order valence-corrected chi connectivity index (χ1v) is 6.96. The number of hydrogen-bond acceptors (Lipinski definition) is 2. The van der Waals surface area contributed by atoms with Gasteiger partial charge in [0.15, 0.2) is 0 Å². The molecule has 0 aliphatic carbocycles. The molecule has 0 amide bonds. The Hall–Kier alpha value is -0.860. The summed E-state index contributed by atoms with van der Waals surface area (Å²) in [6, 6.07) is 6.38. The summed E-state index contributed by atoms with van der Waals surface area (Å²) in [6.45, 7) is 8.97. The van der Waals surface area contributed by atoms with Crippen molar-refractivity contribution in [1.82, 2.24) is 0 Å². The molecule has 0 bridgehead atoms. The summed E-state index contributed by atoms with van der Waals surface area (Å²) in [7, 11) is 0. The lowest BCUT2D eigenvalue weighted by atomic mass is 9.84. The first kappa shape index (κ1) is 15.2. The topological polar surface area (TPSA) is 46.2 Å². The number of aryl methyl sites for hydroxylation is 2. The van der Waals surface area contributed by atoms with Crippen LogP contribution in [0.1, 0.15) is 49.3 Å². The van der Waals surface area contributed by atoms with Crippen LogP contribution < -0.4 is 5.73 Å². The van der Waals surface area contributed by atoms with E-state index in [0.717, 1.165) is 18.4 Å². The van der Waals surface area contributed by atoms with Gasteiger partial charge in [0, 0.05) is 12.5 Å². The lowest BCUT2D eigenvalue weighted by molar-refractivity contribution is 0.0858. The third-order valence-corrected chi connectivity index (χ3v) is 3.95. The second kappa shape index (κ2) is 6.91.